The van der Waals surface area contributed by atoms with Crippen LogP contribution in [-0.2, 0) is 6.42 Å². The normalized spacial score (nSPS) is 30.5. The Morgan fingerprint density at radius 3 is 1.97 bits per heavy atom. The van der Waals surface area contributed by atoms with Crippen molar-refractivity contribution in [3.8, 4) is 0 Å². The van der Waals surface area contributed by atoms with E-state index >= 15 is 0 Å². The van der Waals surface area contributed by atoms with Gasteiger partial charge in [-0.25, -0.2) is 0 Å². The third-order valence-electron chi connectivity index (χ3n) is 9.94. The van der Waals surface area contributed by atoms with Crippen LogP contribution in [0.5, 0.6) is 0 Å². The van der Waals surface area contributed by atoms with Gasteiger partial charge in [0.15, 0.2) is 0 Å². The second-order valence-electron chi connectivity index (χ2n) is 11.4. The van der Waals surface area contributed by atoms with Gasteiger partial charge in [0.05, 0.1) is 5.54 Å². The summed E-state index contributed by atoms with van der Waals surface area (Å²) in [6.45, 7) is 21.3. The number of nitrogens with zero attached hydrogens (tertiary/aromatic N) is 1. The SMILES string of the molecule is CC=Cc1c(C)c(C)c2c(c1C=CC)C(C)C1(C)C3=C(C=CC=CC=C3)C(C)(C)C(C)(C2)N1C. The Hall–Kier alpha value is -2.38. The molecule has 3 atom stereocenters. The Balaban J connectivity index is 2.20. The van der Waals surface area contributed by atoms with Crippen LogP contribution in [-0.4, -0.2) is 23.0 Å². The molecular formula is C33H43N. The first-order valence-electron chi connectivity index (χ1n) is 12.9. The Bertz CT molecular complexity index is 1200. The molecule has 0 amide bonds. The Morgan fingerprint density at radius 1 is 0.824 bits per heavy atom. The number of hydrogen-bond donors (Lipinski definition) is 0. The second kappa shape index (κ2) is 8.38. The van der Waals surface area contributed by atoms with Crippen LogP contribution < -0.4 is 0 Å². The Morgan fingerprint density at radius 2 is 1.38 bits per heavy atom. The van der Waals surface area contributed by atoms with E-state index in [9.17, 15) is 0 Å². The van der Waals surface area contributed by atoms with Crippen molar-refractivity contribution in [2.45, 2.75) is 85.7 Å². The standard InChI is InChI=1S/C33H43N/c1-11-17-25-22(3)23(4)27-21-32(8)31(6,7)28-19-15-13-14-16-20-29(28)33(9,34(32)10)24(5)30(27)26(25)18-12-2/h11-20,24H,21H2,1-10H3. The molecule has 0 aromatic heterocycles. The first-order valence-corrected chi connectivity index (χ1v) is 12.9. The quantitative estimate of drug-likeness (QED) is 0.434. The summed E-state index contributed by atoms with van der Waals surface area (Å²) in [5.74, 6) is 0.325. The highest BCUT2D eigenvalue weighted by Crippen LogP contribution is 2.60. The lowest BCUT2D eigenvalue weighted by Gasteiger charge is -2.62. The molecular weight excluding hydrogens is 410 g/mol. The second-order valence-corrected chi connectivity index (χ2v) is 11.4. The smallest absolute Gasteiger partial charge is 0.0504 e. The molecule has 180 valence electrons. The molecule has 1 aromatic rings. The minimum atomic E-state index is -0.137. The number of likely N-dealkylation sites (N-methyl/N-ethyl adjacent to an activating group) is 1. The maximum absolute atomic E-state index is 2.73. The fourth-order valence-corrected chi connectivity index (χ4v) is 7.08. The lowest BCUT2D eigenvalue weighted by Crippen LogP contribution is -2.68. The van der Waals surface area contributed by atoms with Crippen molar-refractivity contribution in [2.24, 2.45) is 5.41 Å². The van der Waals surface area contributed by atoms with Crippen LogP contribution in [0.1, 0.15) is 87.8 Å². The van der Waals surface area contributed by atoms with E-state index in [0.717, 1.165) is 6.42 Å². The van der Waals surface area contributed by atoms with E-state index in [2.05, 4.69) is 135 Å². The molecule has 0 fully saturated rings. The largest absolute Gasteiger partial charge is 0.290 e. The van der Waals surface area contributed by atoms with E-state index in [0.29, 0.717) is 5.92 Å². The average molecular weight is 454 g/mol. The molecule has 2 heterocycles. The lowest BCUT2D eigenvalue weighted by molar-refractivity contribution is -0.0413. The molecule has 2 aliphatic heterocycles. The molecule has 0 N–H and O–H groups in total. The van der Waals surface area contributed by atoms with Gasteiger partial charge < -0.3 is 0 Å². The number of fused-ring (bicyclic) bond motifs is 4. The summed E-state index contributed by atoms with van der Waals surface area (Å²) in [4.78, 5) is 2.73. The van der Waals surface area contributed by atoms with Crippen LogP contribution >= 0.6 is 0 Å². The van der Waals surface area contributed by atoms with E-state index < -0.39 is 0 Å². The van der Waals surface area contributed by atoms with E-state index in [1.54, 1.807) is 5.56 Å². The Kier molecular flexibility index (Phi) is 6.10. The van der Waals surface area contributed by atoms with Gasteiger partial charge in [-0.3, -0.25) is 4.90 Å². The molecule has 0 saturated carbocycles. The van der Waals surface area contributed by atoms with Gasteiger partial charge in [0, 0.05) is 16.9 Å². The van der Waals surface area contributed by atoms with Gasteiger partial charge in [-0.05, 0) is 99.5 Å². The van der Waals surface area contributed by atoms with Gasteiger partial charge in [0.1, 0.15) is 0 Å². The van der Waals surface area contributed by atoms with Gasteiger partial charge in [-0.2, -0.15) is 0 Å². The van der Waals surface area contributed by atoms with Crippen molar-refractivity contribution in [2.75, 3.05) is 7.05 Å². The number of rotatable bonds is 2. The summed E-state index contributed by atoms with van der Waals surface area (Å²) in [5.41, 5.74) is 11.5. The molecule has 4 rings (SSSR count). The lowest BCUT2D eigenvalue weighted by atomic mass is 9.57. The predicted molar refractivity (Wildman–Crippen MR) is 150 cm³/mol. The molecule has 1 aromatic carbocycles. The minimum absolute atomic E-state index is 0.0208. The molecule has 34 heavy (non-hydrogen) atoms. The number of allylic oxidation sites excluding steroid dienone is 7. The van der Waals surface area contributed by atoms with E-state index in [1.165, 1.54) is 39.0 Å². The van der Waals surface area contributed by atoms with Crippen molar-refractivity contribution in [1.29, 1.82) is 0 Å². The summed E-state index contributed by atoms with van der Waals surface area (Å²) in [6.07, 6.45) is 23.7. The van der Waals surface area contributed by atoms with Gasteiger partial charge in [-0.15, -0.1) is 0 Å². The van der Waals surface area contributed by atoms with Crippen LogP contribution in [0.3, 0.4) is 0 Å². The number of hydrogen-bond acceptors (Lipinski definition) is 1. The zero-order valence-electron chi connectivity index (χ0n) is 23.0. The highest BCUT2D eigenvalue weighted by Gasteiger charge is 2.60. The molecule has 0 spiro atoms. The van der Waals surface area contributed by atoms with Crippen molar-refractivity contribution in [1.82, 2.24) is 4.90 Å². The first-order chi connectivity index (χ1) is 16.0. The summed E-state index contributed by atoms with van der Waals surface area (Å²) in [5, 5.41) is 0. The highest BCUT2D eigenvalue weighted by atomic mass is 15.3. The van der Waals surface area contributed by atoms with Gasteiger partial charge >= 0.3 is 0 Å². The summed E-state index contributed by atoms with van der Waals surface area (Å²) >= 11 is 0. The molecule has 2 bridgehead atoms. The highest BCUT2D eigenvalue weighted by molar-refractivity contribution is 5.75. The zero-order valence-corrected chi connectivity index (χ0v) is 23.0. The summed E-state index contributed by atoms with van der Waals surface area (Å²) in [7, 11) is 2.38. The van der Waals surface area contributed by atoms with Crippen LogP contribution in [0.25, 0.3) is 12.2 Å². The predicted octanol–water partition coefficient (Wildman–Crippen LogP) is 8.50. The van der Waals surface area contributed by atoms with Crippen molar-refractivity contribution < 1.29 is 0 Å². The van der Waals surface area contributed by atoms with E-state index in [4.69, 9.17) is 0 Å². The monoisotopic (exact) mass is 453 g/mol. The van der Waals surface area contributed by atoms with Crippen LogP contribution in [0.2, 0.25) is 0 Å². The van der Waals surface area contributed by atoms with Crippen LogP contribution in [0, 0.1) is 19.3 Å². The summed E-state index contributed by atoms with van der Waals surface area (Å²) in [6, 6.07) is 0. The topological polar surface area (TPSA) is 3.24 Å². The summed E-state index contributed by atoms with van der Waals surface area (Å²) < 4.78 is 0. The van der Waals surface area contributed by atoms with Crippen molar-refractivity contribution in [3.63, 3.8) is 0 Å². The van der Waals surface area contributed by atoms with Gasteiger partial charge in [0.25, 0.3) is 0 Å². The van der Waals surface area contributed by atoms with Crippen molar-refractivity contribution in [3.05, 3.63) is 93.1 Å². The van der Waals surface area contributed by atoms with Crippen LogP contribution in [0.15, 0.2) is 59.8 Å². The van der Waals surface area contributed by atoms with Crippen molar-refractivity contribution >= 4 is 12.2 Å². The first kappa shape index (κ1) is 24.7. The molecule has 3 aliphatic rings. The maximum Gasteiger partial charge on any atom is 0.0504 e. The fraction of sp³-hybridized carbons (Fsp3) is 0.455. The molecule has 1 nitrogen and oxygen atoms in total. The zero-order chi connectivity index (χ0) is 25.1. The molecule has 3 unspecified atom stereocenters. The van der Waals surface area contributed by atoms with Gasteiger partial charge in [0.2, 0.25) is 0 Å². The van der Waals surface area contributed by atoms with E-state index in [-0.39, 0.29) is 16.5 Å². The third-order valence-corrected chi connectivity index (χ3v) is 9.94. The minimum Gasteiger partial charge on any atom is -0.290 e. The molecule has 1 heteroatoms. The van der Waals surface area contributed by atoms with Gasteiger partial charge in [-0.1, -0.05) is 81.5 Å². The average Bonchev–Trinajstić information content (AvgIpc) is 2.82. The fourth-order valence-electron chi connectivity index (χ4n) is 7.08. The van der Waals surface area contributed by atoms with Crippen LogP contribution in [0.4, 0.5) is 0 Å². The Labute approximate surface area is 208 Å². The maximum atomic E-state index is 2.73. The molecule has 1 aliphatic carbocycles. The third kappa shape index (κ3) is 3.09. The number of benzene rings is 1. The molecule has 0 radical (unpaired) electrons. The molecule has 0 saturated heterocycles. The van der Waals surface area contributed by atoms with E-state index in [1.807, 2.05) is 0 Å².